The van der Waals surface area contributed by atoms with Gasteiger partial charge in [0.15, 0.2) is 0 Å². The van der Waals surface area contributed by atoms with Crippen LogP contribution >= 0.6 is 27.3 Å². The second kappa shape index (κ2) is 7.60. The fourth-order valence-electron chi connectivity index (χ4n) is 3.58. The molecule has 1 aromatic carbocycles. The number of nitrogens with two attached hydrogens (primary N) is 1. The number of amides is 1. The Morgan fingerprint density at radius 1 is 1.19 bits per heavy atom. The second-order valence-corrected chi connectivity index (χ2v) is 9.00. The number of nitrogens with one attached hydrogen (secondary N) is 1. The topological polar surface area (TPSA) is 68.0 Å². The van der Waals surface area contributed by atoms with Gasteiger partial charge < -0.3 is 11.1 Å². The van der Waals surface area contributed by atoms with Crippen molar-refractivity contribution in [3.05, 3.63) is 50.4 Å². The van der Waals surface area contributed by atoms with Crippen molar-refractivity contribution in [1.29, 1.82) is 0 Å². The molecular weight excluding hydrogens is 422 g/mol. The monoisotopic (exact) mass is 443 g/mol. The van der Waals surface area contributed by atoms with Crippen molar-refractivity contribution in [3.63, 3.8) is 0 Å². The van der Waals surface area contributed by atoms with Crippen LogP contribution in [0.25, 0.3) is 10.2 Å². The van der Waals surface area contributed by atoms with Crippen LogP contribution in [-0.4, -0.2) is 10.9 Å². The number of nitrogens with zero attached hydrogens (tertiary/aromatic N) is 1. The standard InChI is InChI=1S/C21H22BrN3OS/c1-12-8-9-17(15(22)10-12)24-20(26)19-18(23)14-11-13-6-4-2-3-5-7-16(13)25-21(14)27-19/h8-11H,2-7,23H2,1H3,(H,24,26). The van der Waals surface area contributed by atoms with Crippen molar-refractivity contribution in [2.45, 2.75) is 45.4 Å². The number of pyridine rings is 1. The van der Waals surface area contributed by atoms with Gasteiger partial charge in [0.2, 0.25) is 0 Å². The van der Waals surface area contributed by atoms with E-state index < -0.39 is 0 Å². The molecule has 4 nitrogen and oxygen atoms in total. The van der Waals surface area contributed by atoms with Crippen LogP contribution in [-0.2, 0) is 12.8 Å². The van der Waals surface area contributed by atoms with Crippen LogP contribution in [0.3, 0.4) is 0 Å². The van der Waals surface area contributed by atoms with Crippen molar-refractivity contribution < 1.29 is 4.79 Å². The van der Waals surface area contributed by atoms with E-state index in [1.165, 1.54) is 48.3 Å². The van der Waals surface area contributed by atoms with Gasteiger partial charge in [-0.2, -0.15) is 0 Å². The minimum Gasteiger partial charge on any atom is -0.397 e. The highest BCUT2D eigenvalue weighted by atomic mass is 79.9. The highest BCUT2D eigenvalue weighted by Gasteiger charge is 2.20. The maximum atomic E-state index is 12.8. The number of carbonyl (C=O) groups is 1. The van der Waals surface area contributed by atoms with Gasteiger partial charge in [0.05, 0.1) is 11.4 Å². The lowest BCUT2D eigenvalue weighted by Crippen LogP contribution is -2.12. The number of thiophene rings is 1. The van der Waals surface area contributed by atoms with Crippen LogP contribution in [0.4, 0.5) is 11.4 Å². The number of benzene rings is 1. The van der Waals surface area contributed by atoms with Crippen LogP contribution in [0.2, 0.25) is 0 Å². The molecule has 2 aromatic heterocycles. The van der Waals surface area contributed by atoms with E-state index in [1.807, 2.05) is 25.1 Å². The first-order valence-corrected chi connectivity index (χ1v) is 10.9. The lowest BCUT2D eigenvalue weighted by molar-refractivity contribution is 0.103. The number of halogens is 1. The molecule has 0 saturated heterocycles. The van der Waals surface area contributed by atoms with Crippen LogP contribution in [0.5, 0.6) is 0 Å². The predicted molar refractivity (Wildman–Crippen MR) is 117 cm³/mol. The molecule has 6 heteroatoms. The molecule has 1 aliphatic carbocycles. The SMILES string of the molecule is Cc1ccc(NC(=O)c2sc3nc4c(cc3c2N)CCCCCC4)c(Br)c1. The summed E-state index contributed by atoms with van der Waals surface area (Å²) in [7, 11) is 0. The molecule has 3 N–H and O–H groups in total. The smallest absolute Gasteiger partial charge is 0.267 e. The van der Waals surface area contributed by atoms with Crippen molar-refractivity contribution in [2.75, 3.05) is 11.1 Å². The highest BCUT2D eigenvalue weighted by molar-refractivity contribution is 9.10. The zero-order valence-electron chi connectivity index (χ0n) is 15.3. The van der Waals surface area contributed by atoms with E-state index in [2.05, 4.69) is 27.3 Å². The molecular formula is C21H22BrN3OS. The molecule has 0 saturated carbocycles. The maximum Gasteiger partial charge on any atom is 0.267 e. The number of aryl methyl sites for hydroxylation is 3. The predicted octanol–water partition coefficient (Wildman–Crippen LogP) is 5.86. The lowest BCUT2D eigenvalue weighted by atomic mass is 9.96. The lowest BCUT2D eigenvalue weighted by Gasteiger charge is -2.12. The molecule has 0 spiro atoms. The van der Waals surface area contributed by atoms with Gasteiger partial charge in [-0.1, -0.05) is 18.9 Å². The first-order chi connectivity index (χ1) is 13.0. The Hall–Kier alpha value is -1.92. The van der Waals surface area contributed by atoms with Gasteiger partial charge in [0.25, 0.3) is 5.91 Å². The summed E-state index contributed by atoms with van der Waals surface area (Å²) in [6.45, 7) is 2.01. The molecule has 3 aromatic rings. The highest BCUT2D eigenvalue weighted by Crippen LogP contribution is 2.36. The first-order valence-electron chi connectivity index (χ1n) is 9.31. The molecule has 4 rings (SSSR count). The molecule has 27 heavy (non-hydrogen) atoms. The van der Waals surface area contributed by atoms with Crippen LogP contribution in [0, 0.1) is 6.92 Å². The number of anilines is 2. The average Bonchev–Trinajstić information content (AvgIpc) is 2.93. The third-order valence-corrected chi connectivity index (χ3v) is 6.85. The summed E-state index contributed by atoms with van der Waals surface area (Å²) in [5.74, 6) is -0.188. The molecule has 0 bridgehead atoms. The van der Waals surface area contributed by atoms with Crippen molar-refractivity contribution in [2.24, 2.45) is 0 Å². The molecule has 140 valence electrons. The average molecular weight is 444 g/mol. The second-order valence-electron chi connectivity index (χ2n) is 7.14. The molecule has 0 radical (unpaired) electrons. The number of carbonyl (C=O) groups excluding carboxylic acids is 1. The number of rotatable bonds is 2. The van der Waals surface area contributed by atoms with Gasteiger partial charge in [-0.3, -0.25) is 4.79 Å². The van der Waals surface area contributed by atoms with Gasteiger partial charge in [-0.25, -0.2) is 4.98 Å². The van der Waals surface area contributed by atoms with E-state index in [-0.39, 0.29) is 5.91 Å². The molecule has 0 fully saturated rings. The number of nitrogen functional groups attached to an aromatic ring is 1. The summed E-state index contributed by atoms with van der Waals surface area (Å²) in [6.07, 6.45) is 6.98. The Morgan fingerprint density at radius 3 is 2.74 bits per heavy atom. The van der Waals surface area contributed by atoms with E-state index in [1.54, 1.807) is 0 Å². The summed E-state index contributed by atoms with van der Waals surface area (Å²) in [4.78, 5) is 19.1. The quantitative estimate of drug-likeness (QED) is 0.520. The Morgan fingerprint density at radius 2 is 1.96 bits per heavy atom. The van der Waals surface area contributed by atoms with E-state index in [0.717, 1.165) is 38.8 Å². The molecule has 0 atom stereocenters. The molecule has 0 unspecified atom stereocenters. The van der Waals surface area contributed by atoms with Crippen molar-refractivity contribution >= 4 is 54.8 Å². The Kier molecular flexibility index (Phi) is 5.19. The van der Waals surface area contributed by atoms with Gasteiger partial charge in [0.1, 0.15) is 9.71 Å². The maximum absolute atomic E-state index is 12.8. The van der Waals surface area contributed by atoms with E-state index >= 15 is 0 Å². The number of hydrogen-bond acceptors (Lipinski definition) is 4. The number of aromatic nitrogens is 1. The summed E-state index contributed by atoms with van der Waals surface area (Å²) in [5.41, 5.74) is 11.2. The zero-order chi connectivity index (χ0) is 19.0. The van der Waals surface area contributed by atoms with E-state index in [4.69, 9.17) is 10.7 Å². The first kappa shape index (κ1) is 18.4. The summed E-state index contributed by atoms with van der Waals surface area (Å²) < 4.78 is 0.858. The molecule has 1 aliphatic rings. The van der Waals surface area contributed by atoms with Gasteiger partial charge in [-0.15, -0.1) is 11.3 Å². The van der Waals surface area contributed by atoms with Crippen LogP contribution < -0.4 is 11.1 Å². The minimum absolute atomic E-state index is 0.188. The molecule has 1 amide bonds. The molecule has 2 heterocycles. The van der Waals surface area contributed by atoms with Crippen molar-refractivity contribution in [3.8, 4) is 0 Å². The third kappa shape index (κ3) is 3.73. The van der Waals surface area contributed by atoms with Crippen molar-refractivity contribution in [1.82, 2.24) is 4.98 Å². The Bertz CT molecular complexity index is 1030. The zero-order valence-corrected chi connectivity index (χ0v) is 17.7. The Balaban J connectivity index is 1.69. The van der Waals surface area contributed by atoms with Gasteiger partial charge >= 0.3 is 0 Å². The van der Waals surface area contributed by atoms with Crippen LogP contribution in [0.15, 0.2) is 28.7 Å². The number of fused-ring (bicyclic) bond motifs is 2. The molecule has 0 aliphatic heterocycles. The summed E-state index contributed by atoms with van der Waals surface area (Å²) >= 11 is 4.89. The normalized spacial score (nSPS) is 14.4. The van der Waals surface area contributed by atoms with E-state index in [0.29, 0.717) is 10.6 Å². The minimum atomic E-state index is -0.188. The summed E-state index contributed by atoms with van der Waals surface area (Å²) in [6, 6.07) is 8.00. The largest absolute Gasteiger partial charge is 0.397 e. The summed E-state index contributed by atoms with van der Waals surface area (Å²) in [5, 5.41) is 3.87. The Labute approximate surface area is 171 Å². The fourth-order valence-corrected chi connectivity index (χ4v) is 5.17. The van der Waals surface area contributed by atoms with Gasteiger partial charge in [-0.05, 0) is 77.9 Å². The van der Waals surface area contributed by atoms with Crippen LogP contribution in [0.1, 0.15) is 52.2 Å². The number of hydrogen-bond donors (Lipinski definition) is 2. The third-order valence-electron chi connectivity index (χ3n) is 5.08. The van der Waals surface area contributed by atoms with E-state index in [9.17, 15) is 4.79 Å². The van der Waals surface area contributed by atoms with Gasteiger partial charge in [0, 0.05) is 15.6 Å². The fraction of sp³-hybridized carbons (Fsp3) is 0.333.